The van der Waals surface area contributed by atoms with Crippen LogP contribution in [0.2, 0.25) is 0 Å². The number of halogens is 1. The van der Waals surface area contributed by atoms with Crippen molar-refractivity contribution in [3.05, 3.63) is 71.3 Å². The fourth-order valence-corrected chi connectivity index (χ4v) is 3.45. The highest BCUT2D eigenvalue weighted by molar-refractivity contribution is 5.85. The first-order valence-electron chi connectivity index (χ1n) is 7.96. The lowest BCUT2D eigenvalue weighted by atomic mass is 9.89. The highest BCUT2D eigenvalue weighted by Crippen LogP contribution is 2.35. The van der Waals surface area contributed by atoms with E-state index in [9.17, 15) is 10.2 Å². The van der Waals surface area contributed by atoms with Crippen molar-refractivity contribution in [1.29, 1.82) is 0 Å². The van der Waals surface area contributed by atoms with Crippen LogP contribution in [-0.4, -0.2) is 16.8 Å². The van der Waals surface area contributed by atoms with Crippen LogP contribution in [0.4, 0.5) is 0 Å². The molecule has 124 valence electrons. The Kier molecular flexibility index (Phi) is 4.65. The van der Waals surface area contributed by atoms with Crippen LogP contribution in [0.3, 0.4) is 0 Å². The molecule has 0 aliphatic carbocycles. The summed E-state index contributed by atoms with van der Waals surface area (Å²) in [5.74, 6) is -0.0777. The topological polar surface area (TPSA) is 52.5 Å². The molecule has 1 heterocycles. The van der Waals surface area contributed by atoms with Crippen LogP contribution in [0, 0.1) is 0 Å². The van der Waals surface area contributed by atoms with Crippen molar-refractivity contribution in [3.8, 4) is 11.5 Å². The Morgan fingerprint density at radius 3 is 2.50 bits per heavy atom. The molecule has 1 atom stereocenters. The number of phenols is 2. The van der Waals surface area contributed by atoms with E-state index in [0.717, 1.165) is 30.5 Å². The van der Waals surface area contributed by atoms with Crippen molar-refractivity contribution in [2.45, 2.75) is 18.9 Å². The molecule has 4 heteroatoms. The SMILES string of the molecule is Cl.Oc1cc2c(cc1O)C(Cc1ccc3ccccc3c1)NCC2. The fourth-order valence-electron chi connectivity index (χ4n) is 3.45. The molecule has 3 aromatic rings. The molecule has 0 amide bonds. The Morgan fingerprint density at radius 2 is 1.67 bits per heavy atom. The maximum absolute atomic E-state index is 9.82. The molecule has 3 N–H and O–H groups in total. The van der Waals surface area contributed by atoms with E-state index in [2.05, 4.69) is 47.8 Å². The molecule has 1 aliphatic heterocycles. The van der Waals surface area contributed by atoms with Gasteiger partial charge in [-0.25, -0.2) is 0 Å². The van der Waals surface area contributed by atoms with Gasteiger partial charge in [0.15, 0.2) is 11.5 Å². The molecule has 24 heavy (non-hydrogen) atoms. The molecular weight excluding hydrogens is 322 g/mol. The Bertz CT molecular complexity index is 879. The molecule has 0 saturated carbocycles. The lowest BCUT2D eigenvalue weighted by molar-refractivity contribution is 0.398. The Balaban J connectivity index is 0.00000169. The maximum atomic E-state index is 9.82. The van der Waals surface area contributed by atoms with E-state index in [1.165, 1.54) is 16.3 Å². The smallest absolute Gasteiger partial charge is 0.157 e. The van der Waals surface area contributed by atoms with Gasteiger partial charge in [0.1, 0.15) is 0 Å². The molecule has 3 nitrogen and oxygen atoms in total. The molecule has 0 aromatic heterocycles. The van der Waals surface area contributed by atoms with Crippen LogP contribution in [0.15, 0.2) is 54.6 Å². The van der Waals surface area contributed by atoms with Crippen molar-refractivity contribution in [2.24, 2.45) is 0 Å². The third kappa shape index (κ3) is 3.05. The van der Waals surface area contributed by atoms with E-state index in [1.807, 2.05) is 0 Å². The van der Waals surface area contributed by atoms with Crippen LogP contribution in [0.5, 0.6) is 11.5 Å². The van der Waals surface area contributed by atoms with Crippen LogP contribution in [0.1, 0.15) is 22.7 Å². The summed E-state index contributed by atoms with van der Waals surface area (Å²) in [6.45, 7) is 0.884. The van der Waals surface area contributed by atoms with E-state index in [-0.39, 0.29) is 29.9 Å². The third-order valence-corrected chi connectivity index (χ3v) is 4.65. The largest absolute Gasteiger partial charge is 0.504 e. The molecule has 1 aliphatic rings. The zero-order valence-corrected chi connectivity index (χ0v) is 14.0. The summed E-state index contributed by atoms with van der Waals surface area (Å²) in [6, 6.07) is 18.5. The van der Waals surface area contributed by atoms with Gasteiger partial charge in [0, 0.05) is 6.04 Å². The van der Waals surface area contributed by atoms with E-state index in [4.69, 9.17) is 0 Å². The number of nitrogens with one attached hydrogen (secondary N) is 1. The lowest BCUT2D eigenvalue weighted by Gasteiger charge is -2.27. The first-order valence-corrected chi connectivity index (χ1v) is 7.96. The predicted octanol–water partition coefficient (Wildman–Crippen LogP) is 4.10. The summed E-state index contributed by atoms with van der Waals surface area (Å²) in [4.78, 5) is 0. The quantitative estimate of drug-likeness (QED) is 0.615. The second-order valence-electron chi connectivity index (χ2n) is 6.18. The minimum atomic E-state index is -0.0454. The van der Waals surface area contributed by atoms with Crippen LogP contribution < -0.4 is 5.32 Å². The van der Waals surface area contributed by atoms with Crippen molar-refractivity contribution in [3.63, 3.8) is 0 Å². The normalized spacial score (nSPS) is 16.4. The summed E-state index contributed by atoms with van der Waals surface area (Å²) < 4.78 is 0. The van der Waals surface area contributed by atoms with E-state index in [0.29, 0.717) is 0 Å². The van der Waals surface area contributed by atoms with E-state index < -0.39 is 0 Å². The van der Waals surface area contributed by atoms with Gasteiger partial charge in [-0.05, 0) is 59.0 Å². The van der Waals surface area contributed by atoms with Crippen molar-refractivity contribution < 1.29 is 10.2 Å². The highest BCUT2D eigenvalue weighted by Gasteiger charge is 2.22. The zero-order chi connectivity index (χ0) is 15.8. The van der Waals surface area contributed by atoms with Crippen LogP contribution in [0.25, 0.3) is 10.8 Å². The van der Waals surface area contributed by atoms with Gasteiger partial charge in [0.05, 0.1) is 0 Å². The monoisotopic (exact) mass is 341 g/mol. The van der Waals surface area contributed by atoms with Gasteiger partial charge in [0.25, 0.3) is 0 Å². The summed E-state index contributed by atoms with van der Waals surface area (Å²) in [5.41, 5.74) is 3.46. The van der Waals surface area contributed by atoms with Gasteiger partial charge in [-0.2, -0.15) is 0 Å². The molecule has 3 aromatic carbocycles. The standard InChI is InChI=1S/C20H19NO2.ClH/c22-19-11-16-7-8-21-18(17(16)12-20(19)23)10-13-5-6-14-3-1-2-4-15(14)9-13;/h1-6,9,11-12,18,21-23H,7-8,10H2;1H. The highest BCUT2D eigenvalue weighted by atomic mass is 35.5. The van der Waals surface area contributed by atoms with Gasteiger partial charge < -0.3 is 15.5 Å². The Morgan fingerprint density at radius 1 is 0.917 bits per heavy atom. The maximum Gasteiger partial charge on any atom is 0.157 e. The van der Waals surface area contributed by atoms with Crippen LogP contribution >= 0.6 is 12.4 Å². The molecule has 0 spiro atoms. The van der Waals surface area contributed by atoms with Gasteiger partial charge in [-0.3, -0.25) is 0 Å². The van der Waals surface area contributed by atoms with Gasteiger partial charge in [-0.15, -0.1) is 12.4 Å². The minimum absolute atomic E-state index is 0. The number of aromatic hydroxyl groups is 2. The number of hydrogen-bond acceptors (Lipinski definition) is 3. The predicted molar refractivity (Wildman–Crippen MR) is 99.1 cm³/mol. The minimum Gasteiger partial charge on any atom is -0.504 e. The zero-order valence-electron chi connectivity index (χ0n) is 13.2. The van der Waals surface area contributed by atoms with Gasteiger partial charge >= 0.3 is 0 Å². The second-order valence-corrected chi connectivity index (χ2v) is 6.18. The number of hydrogen-bond donors (Lipinski definition) is 3. The summed E-state index contributed by atoms with van der Waals surface area (Å²) in [5, 5.41) is 25.5. The van der Waals surface area contributed by atoms with E-state index >= 15 is 0 Å². The summed E-state index contributed by atoms with van der Waals surface area (Å²) in [6.07, 6.45) is 1.74. The first kappa shape index (κ1) is 16.6. The average Bonchev–Trinajstić information content (AvgIpc) is 2.56. The molecule has 0 fully saturated rings. The van der Waals surface area contributed by atoms with Crippen molar-refractivity contribution in [1.82, 2.24) is 5.32 Å². The molecule has 1 unspecified atom stereocenters. The van der Waals surface area contributed by atoms with Crippen molar-refractivity contribution >= 4 is 23.2 Å². The third-order valence-electron chi connectivity index (χ3n) is 4.65. The number of benzene rings is 3. The molecule has 0 radical (unpaired) electrons. The number of fused-ring (bicyclic) bond motifs is 2. The molecular formula is C20H20ClNO2. The summed E-state index contributed by atoms with van der Waals surface area (Å²) >= 11 is 0. The molecule has 4 rings (SSSR count). The van der Waals surface area contributed by atoms with Crippen LogP contribution in [-0.2, 0) is 12.8 Å². The van der Waals surface area contributed by atoms with Gasteiger partial charge in [0.2, 0.25) is 0 Å². The summed E-state index contributed by atoms with van der Waals surface area (Å²) in [7, 11) is 0. The molecule has 0 saturated heterocycles. The Hall–Kier alpha value is -2.23. The molecule has 0 bridgehead atoms. The van der Waals surface area contributed by atoms with Gasteiger partial charge in [-0.1, -0.05) is 42.5 Å². The number of phenolic OH excluding ortho intramolecular Hbond substituents is 2. The second kappa shape index (κ2) is 6.71. The first-order chi connectivity index (χ1) is 11.2. The fraction of sp³-hybridized carbons (Fsp3) is 0.200. The lowest BCUT2D eigenvalue weighted by Crippen LogP contribution is -2.31. The average molecular weight is 342 g/mol. The Labute approximate surface area is 147 Å². The number of rotatable bonds is 2. The van der Waals surface area contributed by atoms with E-state index in [1.54, 1.807) is 12.1 Å². The van der Waals surface area contributed by atoms with Crippen molar-refractivity contribution in [2.75, 3.05) is 6.54 Å².